The molecule has 1 rings (SSSR count). The van der Waals surface area contributed by atoms with E-state index in [0.29, 0.717) is 0 Å². The molecule has 0 radical (unpaired) electrons. The number of hydrogen-bond donors (Lipinski definition) is 0. The Labute approximate surface area is 94.9 Å². The number of nitro groups is 3. The summed E-state index contributed by atoms with van der Waals surface area (Å²) >= 11 is 0. The summed E-state index contributed by atoms with van der Waals surface area (Å²) in [5.41, 5.74) is -3.01. The minimum Gasteiger partial charge on any atom is -0.264 e. The van der Waals surface area contributed by atoms with Gasteiger partial charge in [0.2, 0.25) is 0 Å². The van der Waals surface area contributed by atoms with E-state index in [2.05, 4.69) is 0 Å². The van der Waals surface area contributed by atoms with E-state index in [9.17, 15) is 30.3 Å². The Kier molecular flexibility index (Phi) is 2.94. The van der Waals surface area contributed by atoms with Crippen molar-refractivity contribution in [3.8, 4) is 0 Å². The molecular formula is C8H9N3O6. The van der Waals surface area contributed by atoms with E-state index in [4.69, 9.17) is 0 Å². The van der Waals surface area contributed by atoms with Crippen molar-refractivity contribution in [3.63, 3.8) is 0 Å². The minimum absolute atomic E-state index is 0.529. The quantitative estimate of drug-likeness (QED) is 0.536. The summed E-state index contributed by atoms with van der Waals surface area (Å²) in [4.78, 5) is 29.7. The molecule has 1 aliphatic carbocycles. The number of nitrogens with zero attached hydrogens (tertiary/aromatic N) is 3. The van der Waals surface area contributed by atoms with Gasteiger partial charge < -0.3 is 0 Å². The van der Waals surface area contributed by atoms with Crippen molar-refractivity contribution < 1.29 is 14.8 Å². The van der Waals surface area contributed by atoms with Crippen LogP contribution in [0.25, 0.3) is 0 Å². The van der Waals surface area contributed by atoms with Crippen molar-refractivity contribution in [1.82, 2.24) is 0 Å². The molecule has 0 fully saturated rings. The lowest BCUT2D eigenvalue weighted by Gasteiger charge is -2.24. The predicted molar refractivity (Wildman–Crippen MR) is 54.7 cm³/mol. The first kappa shape index (κ1) is 12.7. The first-order valence-corrected chi connectivity index (χ1v) is 4.58. The summed E-state index contributed by atoms with van der Waals surface area (Å²) in [6.45, 7) is 2.42. The van der Waals surface area contributed by atoms with Gasteiger partial charge in [0, 0.05) is 11.8 Å². The van der Waals surface area contributed by atoms with Gasteiger partial charge in [0.15, 0.2) is 0 Å². The van der Waals surface area contributed by atoms with Crippen LogP contribution in [-0.2, 0) is 0 Å². The molecule has 1 aliphatic rings. The third kappa shape index (κ3) is 1.98. The van der Waals surface area contributed by atoms with E-state index in [1.807, 2.05) is 0 Å². The topological polar surface area (TPSA) is 129 Å². The van der Waals surface area contributed by atoms with Crippen molar-refractivity contribution in [3.05, 3.63) is 53.9 Å². The zero-order valence-corrected chi connectivity index (χ0v) is 9.02. The van der Waals surface area contributed by atoms with Gasteiger partial charge in [-0.25, -0.2) is 0 Å². The second-order valence-corrected chi connectivity index (χ2v) is 3.86. The van der Waals surface area contributed by atoms with Gasteiger partial charge in [0.1, 0.15) is 5.92 Å². The Morgan fingerprint density at radius 3 is 2.06 bits per heavy atom. The van der Waals surface area contributed by atoms with Crippen LogP contribution in [0.15, 0.2) is 23.5 Å². The lowest BCUT2D eigenvalue weighted by Crippen LogP contribution is -2.44. The average molecular weight is 243 g/mol. The lowest BCUT2D eigenvalue weighted by atomic mass is 9.81. The fourth-order valence-electron chi connectivity index (χ4n) is 1.57. The number of rotatable bonds is 3. The molecule has 0 aromatic rings. The van der Waals surface area contributed by atoms with Crippen LogP contribution in [0.4, 0.5) is 0 Å². The van der Waals surface area contributed by atoms with Gasteiger partial charge in [-0.1, -0.05) is 0 Å². The largest absolute Gasteiger partial charge is 0.279 e. The van der Waals surface area contributed by atoms with Gasteiger partial charge in [-0.15, -0.1) is 0 Å². The van der Waals surface area contributed by atoms with Crippen molar-refractivity contribution >= 4 is 0 Å². The molecule has 0 N–H and O–H groups in total. The zero-order valence-electron chi connectivity index (χ0n) is 9.02. The zero-order chi connectivity index (χ0) is 13.4. The van der Waals surface area contributed by atoms with Crippen LogP contribution in [0.5, 0.6) is 0 Å². The second-order valence-electron chi connectivity index (χ2n) is 3.86. The highest BCUT2D eigenvalue weighted by molar-refractivity contribution is 5.27. The van der Waals surface area contributed by atoms with Crippen LogP contribution in [0, 0.1) is 36.3 Å². The van der Waals surface area contributed by atoms with Crippen molar-refractivity contribution in [1.29, 1.82) is 0 Å². The summed E-state index contributed by atoms with van der Waals surface area (Å²) in [5.74, 6) is -1.05. The maximum Gasteiger partial charge on any atom is 0.279 e. The molecule has 2 atom stereocenters. The summed E-state index contributed by atoms with van der Waals surface area (Å²) in [6.07, 6.45) is 1.60. The Morgan fingerprint density at radius 2 is 1.71 bits per heavy atom. The molecule has 92 valence electrons. The predicted octanol–water partition coefficient (Wildman–Crippen LogP) is 0.993. The summed E-state index contributed by atoms with van der Waals surface area (Å²) in [6, 6.07) is 0. The lowest BCUT2D eigenvalue weighted by molar-refractivity contribution is -0.570. The molecule has 0 amide bonds. The molecule has 17 heavy (non-hydrogen) atoms. The minimum atomic E-state index is -1.85. The monoisotopic (exact) mass is 243 g/mol. The molecule has 0 saturated heterocycles. The third-order valence-corrected chi connectivity index (χ3v) is 2.87. The Morgan fingerprint density at radius 1 is 1.18 bits per heavy atom. The molecular weight excluding hydrogens is 234 g/mol. The summed E-state index contributed by atoms with van der Waals surface area (Å²) in [5, 5.41) is 32.2. The van der Waals surface area contributed by atoms with Gasteiger partial charge in [-0.2, -0.15) is 0 Å². The molecule has 0 aromatic carbocycles. The molecule has 0 saturated carbocycles. The fraction of sp³-hybridized carbons (Fsp3) is 0.500. The standard InChI is InChI=1S/C8H9N3O6/c1-5-7(10(14)15)3-6(9(12)13)4-8(5,2)11(16)17/h3-5H,1-2H3. The Balaban J connectivity index is 3.40. The van der Waals surface area contributed by atoms with E-state index in [0.717, 1.165) is 19.1 Å². The molecule has 0 heterocycles. The van der Waals surface area contributed by atoms with Crippen LogP contribution in [0.3, 0.4) is 0 Å². The van der Waals surface area contributed by atoms with Crippen LogP contribution in [-0.4, -0.2) is 20.3 Å². The normalized spacial score (nSPS) is 28.0. The molecule has 0 bridgehead atoms. The molecule has 9 nitrogen and oxygen atoms in total. The maximum atomic E-state index is 10.9. The van der Waals surface area contributed by atoms with E-state index in [1.165, 1.54) is 6.92 Å². The highest BCUT2D eigenvalue weighted by Crippen LogP contribution is 2.34. The van der Waals surface area contributed by atoms with Gasteiger partial charge in [-0.05, 0) is 6.92 Å². The number of hydrogen-bond acceptors (Lipinski definition) is 6. The van der Waals surface area contributed by atoms with E-state index < -0.39 is 37.6 Å². The first-order valence-electron chi connectivity index (χ1n) is 4.58. The molecule has 0 spiro atoms. The van der Waals surface area contributed by atoms with Crippen molar-refractivity contribution in [2.24, 2.45) is 5.92 Å². The van der Waals surface area contributed by atoms with Gasteiger partial charge in [0.05, 0.1) is 22.0 Å². The van der Waals surface area contributed by atoms with Gasteiger partial charge in [0.25, 0.3) is 16.9 Å². The summed E-state index contributed by atoms with van der Waals surface area (Å²) in [7, 11) is 0. The summed E-state index contributed by atoms with van der Waals surface area (Å²) < 4.78 is 0. The average Bonchev–Trinajstić information content (AvgIpc) is 2.20. The van der Waals surface area contributed by atoms with E-state index in [1.54, 1.807) is 0 Å². The highest BCUT2D eigenvalue weighted by atomic mass is 16.6. The van der Waals surface area contributed by atoms with Crippen LogP contribution >= 0.6 is 0 Å². The van der Waals surface area contributed by atoms with Crippen molar-refractivity contribution in [2.75, 3.05) is 0 Å². The SMILES string of the molecule is CC1C([N+](=O)[O-])=CC([N+](=O)[O-])=CC1(C)[N+](=O)[O-]. The Bertz CT molecular complexity index is 468. The van der Waals surface area contributed by atoms with E-state index in [-0.39, 0.29) is 0 Å². The highest BCUT2D eigenvalue weighted by Gasteiger charge is 2.52. The van der Waals surface area contributed by atoms with Crippen LogP contribution < -0.4 is 0 Å². The molecule has 2 unspecified atom stereocenters. The fourth-order valence-corrected chi connectivity index (χ4v) is 1.57. The molecule has 0 aliphatic heterocycles. The smallest absolute Gasteiger partial charge is 0.264 e. The van der Waals surface area contributed by atoms with Gasteiger partial charge >= 0.3 is 0 Å². The van der Waals surface area contributed by atoms with Crippen LogP contribution in [0.1, 0.15) is 13.8 Å². The Hall–Kier alpha value is -2.32. The second kappa shape index (κ2) is 3.92. The first-order chi connectivity index (χ1) is 7.70. The maximum absolute atomic E-state index is 10.9. The van der Waals surface area contributed by atoms with Crippen molar-refractivity contribution in [2.45, 2.75) is 19.4 Å². The third-order valence-electron chi connectivity index (χ3n) is 2.87. The van der Waals surface area contributed by atoms with Crippen LogP contribution in [0.2, 0.25) is 0 Å². The van der Waals surface area contributed by atoms with Gasteiger partial charge in [-0.3, -0.25) is 30.3 Å². The molecule has 9 heteroatoms. The van der Waals surface area contributed by atoms with E-state index >= 15 is 0 Å². The number of allylic oxidation sites excluding steroid dienone is 1. The molecule has 0 aromatic heterocycles.